The number of imide groups is 1. The van der Waals surface area contributed by atoms with Crippen molar-refractivity contribution in [1.29, 1.82) is 0 Å². The van der Waals surface area contributed by atoms with Crippen LogP contribution in [-0.2, 0) is 9.53 Å². The standard InChI is InChI=1S/C11H18N4O4S/c1-5-7(15(2)3)9-13-14-11(19-9)20-6-8(16)12-10(17)18-4/h7H,5-6H2,1-4H3,(H,12,16,17)/p+1/t7-/m1/s1. The van der Waals surface area contributed by atoms with E-state index in [4.69, 9.17) is 4.42 Å². The van der Waals surface area contributed by atoms with Crippen molar-refractivity contribution in [3.63, 3.8) is 0 Å². The van der Waals surface area contributed by atoms with Crippen LogP contribution in [0.15, 0.2) is 9.64 Å². The van der Waals surface area contributed by atoms with Crippen LogP contribution in [0.2, 0.25) is 0 Å². The average Bonchev–Trinajstić information content (AvgIpc) is 2.85. The van der Waals surface area contributed by atoms with E-state index in [1.165, 1.54) is 12.0 Å². The summed E-state index contributed by atoms with van der Waals surface area (Å²) in [7, 11) is 5.21. The van der Waals surface area contributed by atoms with Crippen molar-refractivity contribution in [2.75, 3.05) is 27.0 Å². The summed E-state index contributed by atoms with van der Waals surface area (Å²) in [5.74, 6) is 0.0674. The van der Waals surface area contributed by atoms with Crippen LogP contribution in [0.3, 0.4) is 0 Å². The highest BCUT2D eigenvalue weighted by Gasteiger charge is 2.22. The summed E-state index contributed by atoms with van der Waals surface area (Å²) >= 11 is 1.07. The molecule has 0 spiro atoms. The highest BCUT2D eigenvalue weighted by molar-refractivity contribution is 7.99. The van der Waals surface area contributed by atoms with Crippen LogP contribution in [0.4, 0.5) is 4.79 Å². The van der Waals surface area contributed by atoms with Gasteiger partial charge in [0, 0.05) is 6.42 Å². The molecule has 0 aromatic carbocycles. The van der Waals surface area contributed by atoms with Crippen molar-refractivity contribution in [3.05, 3.63) is 5.89 Å². The van der Waals surface area contributed by atoms with Crippen molar-refractivity contribution in [3.8, 4) is 0 Å². The van der Waals surface area contributed by atoms with Gasteiger partial charge in [-0.1, -0.05) is 18.7 Å². The molecule has 0 aliphatic carbocycles. The third kappa shape index (κ3) is 4.82. The maximum atomic E-state index is 11.4. The number of rotatable bonds is 6. The first kappa shape index (κ1) is 16.4. The van der Waals surface area contributed by atoms with Crippen molar-refractivity contribution >= 4 is 23.8 Å². The van der Waals surface area contributed by atoms with Crippen molar-refractivity contribution < 1.29 is 23.6 Å². The number of hydrogen-bond donors (Lipinski definition) is 2. The molecular formula is C11H19N4O4S+. The molecule has 0 aliphatic rings. The highest BCUT2D eigenvalue weighted by atomic mass is 32.2. The van der Waals surface area contributed by atoms with E-state index in [2.05, 4.69) is 14.9 Å². The number of nitrogens with zero attached hydrogens (tertiary/aromatic N) is 2. The Kier molecular flexibility index (Phi) is 6.46. The van der Waals surface area contributed by atoms with Gasteiger partial charge in [0.1, 0.15) is 0 Å². The Balaban J connectivity index is 2.52. The van der Waals surface area contributed by atoms with Crippen molar-refractivity contribution in [2.24, 2.45) is 0 Å². The van der Waals surface area contributed by atoms with Gasteiger partial charge in [-0.25, -0.2) is 4.79 Å². The lowest BCUT2D eigenvalue weighted by atomic mass is 10.2. The molecule has 0 saturated carbocycles. The number of carbonyl (C=O) groups excluding carboxylic acids is 2. The molecule has 20 heavy (non-hydrogen) atoms. The number of amides is 2. The maximum absolute atomic E-state index is 11.4. The second kappa shape index (κ2) is 7.85. The van der Waals surface area contributed by atoms with Crippen LogP contribution < -0.4 is 10.2 Å². The van der Waals surface area contributed by atoms with Gasteiger partial charge >= 0.3 is 6.09 Å². The quantitative estimate of drug-likeness (QED) is 0.692. The minimum Gasteiger partial charge on any atom is -0.453 e. The number of nitrogens with one attached hydrogen (secondary N) is 2. The van der Waals surface area contributed by atoms with Gasteiger partial charge in [0.25, 0.3) is 11.1 Å². The molecule has 1 rings (SSSR count). The molecule has 1 heterocycles. The Morgan fingerprint density at radius 3 is 2.70 bits per heavy atom. The van der Waals surface area contributed by atoms with E-state index in [0.29, 0.717) is 11.1 Å². The first-order chi connectivity index (χ1) is 9.47. The fourth-order valence-corrected chi connectivity index (χ4v) is 2.15. The molecule has 1 aromatic heterocycles. The van der Waals surface area contributed by atoms with Crippen LogP contribution in [0.5, 0.6) is 0 Å². The second-order valence-electron chi connectivity index (χ2n) is 4.27. The van der Waals surface area contributed by atoms with Crippen molar-refractivity contribution in [1.82, 2.24) is 15.5 Å². The van der Waals surface area contributed by atoms with Gasteiger partial charge in [0.15, 0.2) is 6.04 Å². The van der Waals surface area contributed by atoms with E-state index < -0.39 is 12.0 Å². The van der Waals surface area contributed by atoms with E-state index in [-0.39, 0.29) is 11.8 Å². The molecule has 0 unspecified atom stereocenters. The van der Waals surface area contributed by atoms with Gasteiger partial charge in [-0.05, 0) is 0 Å². The second-order valence-corrected chi connectivity index (χ2v) is 5.20. The molecule has 112 valence electrons. The molecule has 1 aromatic rings. The molecule has 1 atom stereocenters. The number of methoxy groups -OCH3 is 1. The Labute approximate surface area is 121 Å². The molecule has 8 nitrogen and oxygen atoms in total. The lowest BCUT2D eigenvalue weighted by Gasteiger charge is -2.15. The lowest BCUT2D eigenvalue weighted by molar-refractivity contribution is -0.894. The molecule has 0 saturated heterocycles. The molecule has 9 heteroatoms. The predicted octanol–water partition coefficient (Wildman–Crippen LogP) is -0.360. The van der Waals surface area contributed by atoms with Gasteiger partial charge in [0.05, 0.1) is 27.0 Å². The Hall–Kier alpha value is -1.61. The SMILES string of the molecule is CC[C@H](c1nnc(SCC(=O)NC(=O)OC)o1)[NH+](C)C. The first-order valence-electron chi connectivity index (χ1n) is 6.12. The van der Waals surface area contributed by atoms with Gasteiger partial charge in [-0.3, -0.25) is 10.1 Å². The zero-order chi connectivity index (χ0) is 15.1. The Morgan fingerprint density at radius 1 is 1.45 bits per heavy atom. The molecule has 0 aliphatic heterocycles. The summed E-state index contributed by atoms with van der Waals surface area (Å²) in [6, 6.07) is 0.126. The average molecular weight is 303 g/mol. The topological polar surface area (TPSA) is 98.8 Å². The van der Waals surface area contributed by atoms with Gasteiger partial charge in [0.2, 0.25) is 5.91 Å². The van der Waals surface area contributed by atoms with E-state index in [1.54, 1.807) is 0 Å². The van der Waals surface area contributed by atoms with Crippen LogP contribution in [0.25, 0.3) is 0 Å². The van der Waals surface area contributed by atoms with E-state index >= 15 is 0 Å². The molecule has 0 radical (unpaired) electrons. The van der Waals surface area contributed by atoms with Gasteiger partial charge in [-0.15, -0.1) is 10.2 Å². The van der Waals surface area contributed by atoms with E-state index in [1.807, 2.05) is 26.3 Å². The zero-order valence-electron chi connectivity index (χ0n) is 11.9. The molecule has 0 bridgehead atoms. The van der Waals surface area contributed by atoms with Crippen molar-refractivity contribution in [2.45, 2.75) is 24.6 Å². The van der Waals surface area contributed by atoms with Crippen LogP contribution in [0, 0.1) is 0 Å². The predicted molar refractivity (Wildman–Crippen MR) is 71.4 cm³/mol. The van der Waals surface area contributed by atoms with E-state index in [0.717, 1.165) is 18.2 Å². The fraction of sp³-hybridized carbons (Fsp3) is 0.636. The normalized spacial score (nSPS) is 12.2. The molecule has 2 N–H and O–H groups in total. The molecule has 0 fully saturated rings. The number of ether oxygens (including phenoxy) is 1. The Morgan fingerprint density at radius 2 is 2.15 bits per heavy atom. The van der Waals surface area contributed by atoms with Crippen LogP contribution >= 0.6 is 11.8 Å². The van der Waals surface area contributed by atoms with E-state index in [9.17, 15) is 9.59 Å². The number of hydrogen-bond acceptors (Lipinski definition) is 7. The summed E-state index contributed by atoms with van der Waals surface area (Å²) in [4.78, 5) is 23.4. The summed E-state index contributed by atoms with van der Waals surface area (Å²) in [5.41, 5.74) is 0. The number of alkyl carbamates (subject to hydrolysis) is 1. The maximum Gasteiger partial charge on any atom is 0.413 e. The zero-order valence-corrected chi connectivity index (χ0v) is 12.7. The Bertz CT molecular complexity index is 463. The largest absolute Gasteiger partial charge is 0.453 e. The number of aromatic nitrogens is 2. The summed E-state index contributed by atoms with van der Waals surface area (Å²) < 4.78 is 9.82. The number of thioether (sulfide) groups is 1. The summed E-state index contributed by atoms with van der Waals surface area (Å²) in [6.07, 6.45) is 0.0846. The third-order valence-electron chi connectivity index (χ3n) is 2.58. The minimum atomic E-state index is -0.788. The summed E-state index contributed by atoms with van der Waals surface area (Å²) in [6.45, 7) is 2.04. The number of carbonyl (C=O) groups is 2. The highest BCUT2D eigenvalue weighted by Crippen LogP contribution is 2.19. The summed E-state index contributed by atoms with van der Waals surface area (Å²) in [5, 5.41) is 10.2. The fourth-order valence-electron chi connectivity index (χ4n) is 1.58. The first-order valence-corrected chi connectivity index (χ1v) is 7.10. The van der Waals surface area contributed by atoms with Gasteiger partial charge in [-0.2, -0.15) is 0 Å². The van der Waals surface area contributed by atoms with Crippen LogP contribution in [0.1, 0.15) is 25.3 Å². The van der Waals surface area contributed by atoms with Crippen LogP contribution in [-0.4, -0.2) is 49.2 Å². The number of quaternary nitrogens is 1. The monoisotopic (exact) mass is 303 g/mol. The third-order valence-corrected chi connectivity index (χ3v) is 3.40. The smallest absolute Gasteiger partial charge is 0.413 e. The molecule has 2 amide bonds. The minimum absolute atomic E-state index is 0.00233. The van der Waals surface area contributed by atoms with Gasteiger partial charge < -0.3 is 14.1 Å². The molecular weight excluding hydrogens is 284 g/mol. The lowest BCUT2D eigenvalue weighted by Crippen LogP contribution is -3.06.